The molecule has 2 aromatic carbocycles. The van der Waals surface area contributed by atoms with Crippen molar-refractivity contribution in [3.63, 3.8) is 0 Å². The van der Waals surface area contributed by atoms with E-state index in [-0.39, 0.29) is 0 Å². The molecule has 0 aliphatic heterocycles. The molecule has 0 radical (unpaired) electrons. The Hall–Kier alpha value is -1.64. The lowest BCUT2D eigenvalue weighted by Gasteiger charge is -2.14. The van der Waals surface area contributed by atoms with Gasteiger partial charge in [0, 0.05) is 19.2 Å². The maximum Gasteiger partial charge on any atom is 0.0590 e. The Labute approximate surface area is 121 Å². The third-order valence-corrected chi connectivity index (χ3v) is 3.42. The molecule has 2 heteroatoms. The van der Waals surface area contributed by atoms with E-state index in [4.69, 9.17) is 4.74 Å². The Morgan fingerprint density at radius 3 is 2.25 bits per heavy atom. The van der Waals surface area contributed by atoms with Gasteiger partial charge in [-0.15, -0.1) is 0 Å². The van der Waals surface area contributed by atoms with Gasteiger partial charge in [0.25, 0.3) is 0 Å². The van der Waals surface area contributed by atoms with Crippen molar-refractivity contribution in [1.29, 1.82) is 0 Å². The number of ether oxygens (including phenoxy) is 1. The summed E-state index contributed by atoms with van der Waals surface area (Å²) in [7, 11) is 0. The van der Waals surface area contributed by atoms with Crippen molar-refractivity contribution >= 4 is 0 Å². The average molecular weight is 269 g/mol. The zero-order valence-electron chi connectivity index (χ0n) is 12.3. The Kier molecular flexibility index (Phi) is 5.78. The van der Waals surface area contributed by atoms with Gasteiger partial charge in [-0.1, -0.05) is 54.6 Å². The number of rotatable bonds is 7. The molecule has 1 N–H and O–H groups in total. The Bertz CT molecular complexity index is 493. The summed E-state index contributed by atoms with van der Waals surface area (Å²) in [4.78, 5) is 0. The lowest BCUT2D eigenvalue weighted by atomic mass is 10.0. The molecule has 0 saturated carbocycles. The van der Waals surface area contributed by atoms with Crippen LogP contribution in [0.25, 0.3) is 11.1 Å². The molecule has 2 aromatic rings. The van der Waals surface area contributed by atoms with Gasteiger partial charge >= 0.3 is 0 Å². The highest BCUT2D eigenvalue weighted by Gasteiger charge is 2.04. The smallest absolute Gasteiger partial charge is 0.0590 e. The fourth-order valence-corrected chi connectivity index (χ4v) is 2.20. The largest absolute Gasteiger partial charge is 0.380 e. The first-order valence-electron chi connectivity index (χ1n) is 7.27. The van der Waals surface area contributed by atoms with Crippen molar-refractivity contribution in [2.45, 2.75) is 19.9 Å². The van der Waals surface area contributed by atoms with E-state index in [1.54, 1.807) is 0 Å². The predicted molar refractivity (Wildman–Crippen MR) is 84.8 cm³/mol. The van der Waals surface area contributed by atoms with Gasteiger partial charge in [-0.25, -0.2) is 0 Å². The summed E-state index contributed by atoms with van der Waals surface area (Å²) in [5.74, 6) is 0. The topological polar surface area (TPSA) is 21.3 Å². The summed E-state index contributed by atoms with van der Waals surface area (Å²) in [6, 6.07) is 19.6. The molecular formula is C18H23NO. The second kappa shape index (κ2) is 7.83. The molecule has 0 amide bonds. The third kappa shape index (κ3) is 4.19. The van der Waals surface area contributed by atoms with Crippen LogP contribution < -0.4 is 5.32 Å². The highest BCUT2D eigenvalue weighted by atomic mass is 16.5. The van der Waals surface area contributed by atoms with E-state index in [0.29, 0.717) is 6.04 Å². The van der Waals surface area contributed by atoms with Gasteiger partial charge in [-0.3, -0.25) is 0 Å². The first-order valence-corrected chi connectivity index (χ1v) is 7.27. The summed E-state index contributed by atoms with van der Waals surface area (Å²) >= 11 is 0. The zero-order chi connectivity index (χ0) is 14.2. The molecule has 0 aliphatic rings. The van der Waals surface area contributed by atoms with Crippen LogP contribution in [0.15, 0.2) is 54.6 Å². The molecular weight excluding hydrogens is 246 g/mol. The molecule has 0 aromatic heterocycles. The standard InChI is InChI=1S/C18H23NO/c1-3-20-14-13-19-15(2)16-9-11-18(12-10-16)17-7-5-4-6-8-17/h4-12,15,19H,3,13-14H2,1-2H3. The molecule has 0 aliphatic carbocycles. The van der Waals surface area contributed by atoms with Gasteiger partial charge < -0.3 is 10.1 Å². The van der Waals surface area contributed by atoms with Crippen molar-refractivity contribution in [1.82, 2.24) is 5.32 Å². The van der Waals surface area contributed by atoms with E-state index in [0.717, 1.165) is 19.8 Å². The minimum absolute atomic E-state index is 0.347. The Morgan fingerprint density at radius 1 is 0.950 bits per heavy atom. The van der Waals surface area contributed by atoms with Gasteiger partial charge in [0.2, 0.25) is 0 Å². The van der Waals surface area contributed by atoms with Gasteiger partial charge in [0.05, 0.1) is 6.61 Å². The fourth-order valence-electron chi connectivity index (χ4n) is 2.20. The van der Waals surface area contributed by atoms with Crippen molar-refractivity contribution in [3.05, 3.63) is 60.2 Å². The molecule has 2 rings (SSSR count). The monoisotopic (exact) mass is 269 g/mol. The minimum atomic E-state index is 0.347. The third-order valence-electron chi connectivity index (χ3n) is 3.42. The van der Waals surface area contributed by atoms with E-state index in [9.17, 15) is 0 Å². The number of nitrogens with one attached hydrogen (secondary N) is 1. The van der Waals surface area contributed by atoms with Crippen molar-refractivity contribution < 1.29 is 4.74 Å². The lowest BCUT2D eigenvalue weighted by molar-refractivity contribution is 0.147. The summed E-state index contributed by atoms with van der Waals surface area (Å²) in [6.07, 6.45) is 0. The van der Waals surface area contributed by atoms with Crippen LogP contribution in [0.3, 0.4) is 0 Å². The number of benzene rings is 2. The molecule has 1 unspecified atom stereocenters. The minimum Gasteiger partial charge on any atom is -0.380 e. The van der Waals surface area contributed by atoms with Gasteiger partial charge in [0.15, 0.2) is 0 Å². The first kappa shape index (κ1) is 14.8. The van der Waals surface area contributed by atoms with Crippen LogP contribution in [0.5, 0.6) is 0 Å². The van der Waals surface area contributed by atoms with Crippen LogP contribution >= 0.6 is 0 Å². The summed E-state index contributed by atoms with van der Waals surface area (Å²) in [5.41, 5.74) is 3.83. The van der Waals surface area contributed by atoms with E-state index >= 15 is 0 Å². The normalized spacial score (nSPS) is 12.3. The van der Waals surface area contributed by atoms with Crippen molar-refractivity contribution in [2.24, 2.45) is 0 Å². The molecule has 20 heavy (non-hydrogen) atoms. The van der Waals surface area contributed by atoms with Crippen molar-refractivity contribution in [3.8, 4) is 11.1 Å². The van der Waals surface area contributed by atoms with Crippen LogP contribution in [0.2, 0.25) is 0 Å². The number of hydrogen-bond donors (Lipinski definition) is 1. The van der Waals surface area contributed by atoms with Crippen LogP contribution in [0, 0.1) is 0 Å². The molecule has 0 fully saturated rings. The summed E-state index contributed by atoms with van der Waals surface area (Å²) < 4.78 is 5.33. The first-order chi connectivity index (χ1) is 9.81. The second-order valence-electron chi connectivity index (χ2n) is 4.86. The molecule has 106 valence electrons. The van der Waals surface area contributed by atoms with Crippen LogP contribution in [0.1, 0.15) is 25.5 Å². The Morgan fingerprint density at radius 2 is 1.60 bits per heavy atom. The molecule has 1 atom stereocenters. The van der Waals surface area contributed by atoms with E-state index in [2.05, 4.69) is 60.8 Å². The van der Waals surface area contributed by atoms with Gasteiger partial charge in [-0.2, -0.15) is 0 Å². The molecule has 0 spiro atoms. The quantitative estimate of drug-likeness (QED) is 0.766. The molecule has 0 heterocycles. The molecule has 0 saturated heterocycles. The van der Waals surface area contributed by atoms with Gasteiger partial charge in [0.1, 0.15) is 0 Å². The highest BCUT2D eigenvalue weighted by Crippen LogP contribution is 2.21. The highest BCUT2D eigenvalue weighted by molar-refractivity contribution is 5.63. The van der Waals surface area contributed by atoms with Crippen molar-refractivity contribution in [2.75, 3.05) is 19.8 Å². The predicted octanol–water partition coefficient (Wildman–Crippen LogP) is 4.04. The molecule has 0 bridgehead atoms. The van der Waals surface area contributed by atoms with Crippen LogP contribution in [-0.4, -0.2) is 19.8 Å². The maximum atomic E-state index is 5.33. The average Bonchev–Trinajstić information content (AvgIpc) is 2.52. The van der Waals surface area contributed by atoms with Crippen LogP contribution in [-0.2, 0) is 4.74 Å². The summed E-state index contributed by atoms with van der Waals surface area (Å²) in [5, 5.41) is 3.47. The zero-order valence-corrected chi connectivity index (χ0v) is 12.3. The molecule has 2 nitrogen and oxygen atoms in total. The lowest BCUT2D eigenvalue weighted by Crippen LogP contribution is -2.23. The number of hydrogen-bond acceptors (Lipinski definition) is 2. The van der Waals surface area contributed by atoms with Gasteiger partial charge in [-0.05, 0) is 30.5 Å². The SMILES string of the molecule is CCOCCNC(C)c1ccc(-c2ccccc2)cc1. The maximum absolute atomic E-state index is 5.33. The van der Waals surface area contributed by atoms with E-state index in [1.807, 2.05) is 13.0 Å². The van der Waals surface area contributed by atoms with E-state index < -0.39 is 0 Å². The Balaban J connectivity index is 1.94. The second-order valence-corrected chi connectivity index (χ2v) is 4.86. The van der Waals surface area contributed by atoms with E-state index in [1.165, 1.54) is 16.7 Å². The summed E-state index contributed by atoms with van der Waals surface area (Å²) in [6.45, 7) is 6.63. The van der Waals surface area contributed by atoms with Crippen LogP contribution in [0.4, 0.5) is 0 Å². The fraction of sp³-hybridized carbons (Fsp3) is 0.333.